The molecule has 1 aromatic carbocycles. The number of thiocarbonyl (C=S) groups is 1. The normalized spacial score (nSPS) is 11.1. The van der Waals surface area contributed by atoms with Crippen LogP contribution in [0.4, 0.5) is 5.69 Å². The van der Waals surface area contributed by atoms with Crippen LogP contribution in [0, 0.1) is 6.92 Å². The fraction of sp³-hybridized carbons (Fsp3) is 0.0769. The molecule has 1 heterocycles. The van der Waals surface area contributed by atoms with E-state index in [0.29, 0.717) is 16.4 Å². The van der Waals surface area contributed by atoms with Crippen LogP contribution in [0.2, 0.25) is 5.02 Å². The van der Waals surface area contributed by atoms with Crippen LogP contribution in [-0.2, 0) is 10.0 Å². The SMILES string of the molecule is Cc1cccc(Cl)c1NS(=O)(=O)c1ccc(C(N)=S)nc1. The third-order valence-corrected chi connectivity index (χ3v) is 4.62. The number of sulfonamides is 1. The first kappa shape index (κ1) is 15.7. The van der Waals surface area contributed by atoms with E-state index in [4.69, 9.17) is 29.6 Å². The molecule has 0 atom stereocenters. The second-order valence-electron chi connectivity index (χ2n) is 4.28. The number of hydrogen-bond acceptors (Lipinski definition) is 4. The lowest BCUT2D eigenvalue weighted by Gasteiger charge is -2.12. The molecule has 110 valence electrons. The largest absolute Gasteiger partial charge is 0.388 e. The maximum atomic E-state index is 12.3. The van der Waals surface area contributed by atoms with Crippen LogP contribution in [0.25, 0.3) is 0 Å². The monoisotopic (exact) mass is 341 g/mol. The van der Waals surface area contributed by atoms with Gasteiger partial charge in [-0.2, -0.15) is 0 Å². The number of pyridine rings is 1. The molecule has 2 aromatic rings. The van der Waals surface area contributed by atoms with Gasteiger partial charge in [-0.05, 0) is 30.7 Å². The summed E-state index contributed by atoms with van der Waals surface area (Å²) in [4.78, 5) is 4.02. The summed E-state index contributed by atoms with van der Waals surface area (Å²) in [5.41, 5.74) is 6.85. The number of nitrogens with zero attached hydrogens (tertiary/aromatic N) is 1. The highest BCUT2D eigenvalue weighted by molar-refractivity contribution is 7.92. The second kappa shape index (κ2) is 5.97. The Hall–Kier alpha value is -1.70. The maximum Gasteiger partial charge on any atom is 0.263 e. The molecule has 0 saturated heterocycles. The van der Waals surface area contributed by atoms with Crippen LogP contribution in [0.15, 0.2) is 41.4 Å². The Bertz CT molecular complexity index is 769. The predicted molar refractivity (Wildman–Crippen MR) is 87.1 cm³/mol. The summed E-state index contributed by atoms with van der Waals surface area (Å²) in [6, 6.07) is 7.96. The summed E-state index contributed by atoms with van der Waals surface area (Å²) in [5.74, 6) is 0. The molecule has 2 rings (SSSR count). The highest BCUT2D eigenvalue weighted by Gasteiger charge is 2.17. The van der Waals surface area contributed by atoms with Gasteiger partial charge < -0.3 is 5.73 Å². The first-order valence-electron chi connectivity index (χ1n) is 5.85. The Kier molecular flexibility index (Phi) is 4.46. The van der Waals surface area contributed by atoms with Gasteiger partial charge in [0.2, 0.25) is 0 Å². The number of rotatable bonds is 4. The van der Waals surface area contributed by atoms with Gasteiger partial charge in [-0.3, -0.25) is 9.71 Å². The van der Waals surface area contributed by atoms with Gasteiger partial charge in [0.25, 0.3) is 10.0 Å². The van der Waals surface area contributed by atoms with Crippen molar-refractivity contribution in [1.82, 2.24) is 4.98 Å². The summed E-state index contributed by atoms with van der Waals surface area (Å²) in [6.45, 7) is 1.76. The Morgan fingerprint density at radius 1 is 1.33 bits per heavy atom. The van der Waals surface area contributed by atoms with E-state index in [1.165, 1.54) is 18.3 Å². The molecule has 5 nitrogen and oxygen atoms in total. The van der Waals surface area contributed by atoms with Crippen molar-refractivity contribution in [2.45, 2.75) is 11.8 Å². The molecule has 0 aliphatic carbocycles. The molecular weight excluding hydrogens is 330 g/mol. The molecule has 0 saturated carbocycles. The quantitative estimate of drug-likeness (QED) is 0.834. The standard InChI is InChI=1S/C13H12ClN3O2S2/c1-8-3-2-4-10(14)12(8)17-21(18,19)9-5-6-11(13(15)20)16-7-9/h2-7,17H,1H3,(H2,15,20). The lowest BCUT2D eigenvalue weighted by molar-refractivity contribution is 0.600. The van der Waals surface area contributed by atoms with Crippen molar-refractivity contribution in [2.24, 2.45) is 5.73 Å². The van der Waals surface area contributed by atoms with Crippen LogP contribution in [0.3, 0.4) is 0 Å². The minimum absolute atomic E-state index is 0.00168. The minimum atomic E-state index is -3.78. The average Bonchev–Trinajstić information content (AvgIpc) is 2.43. The van der Waals surface area contributed by atoms with E-state index in [1.54, 1.807) is 25.1 Å². The lowest BCUT2D eigenvalue weighted by Crippen LogP contribution is -2.16. The third-order valence-electron chi connectivity index (χ3n) is 2.76. The smallest absolute Gasteiger partial charge is 0.263 e. The molecule has 0 unspecified atom stereocenters. The van der Waals surface area contributed by atoms with Crippen LogP contribution in [0.5, 0.6) is 0 Å². The molecule has 0 aliphatic heterocycles. The zero-order valence-corrected chi connectivity index (χ0v) is 13.4. The van der Waals surface area contributed by atoms with Crippen molar-refractivity contribution in [3.05, 3.63) is 52.8 Å². The number of hydrogen-bond donors (Lipinski definition) is 2. The van der Waals surface area contributed by atoms with Gasteiger partial charge in [0.15, 0.2) is 0 Å². The Morgan fingerprint density at radius 2 is 2.05 bits per heavy atom. The minimum Gasteiger partial charge on any atom is -0.388 e. The van der Waals surface area contributed by atoms with Gasteiger partial charge in [-0.25, -0.2) is 8.42 Å². The van der Waals surface area contributed by atoms with Crippen molar-refractivity contribution in [2.75, 3.05) is 4.72 Å². The molecule has 1 aromatic heterocycles. The summed E-state index contributed by atoms with van der Waals surface area (Å²) >= 11 is 10.8. The Labute approximate surface area is 133 Å². The number of benzene rings is 1. The van der Waals surface area contributed by atoms with Crippen LogP contribution >= 0.6 is 23.8 Å². The zero-order valence-electron chi connectivity index (χ0n) is 11.0. The van der Waals surface area contributed by atoms with E-state index < -0.39 is 10.0 Å². The van der Waals surface area contributed by atoms with Crippen LogP contribution in [-0.4, -0.2) is 18.4 Å². The first-order valence-corrected chi connectivity index (χ1v) is 8.12. The van der Waals surface area contributed by atoms with E-state index in [1.807, 2.05) is 0 Å². The number of nitrogens with two attached hydrogens (primary N) is 1. The number of aryl methyl sites for hydroxylation is 1. The highest BCUT2D eigenvalue weighted by atomic mass is 35.5. The van der Waals surface area contributed by atoms with Gasteiger partial charge >= 0.3 is 0 Å². The molecular formula is C13H12ClN3O2S2. The van der Waals surface area contributed by atoms with E-state index in [0.717, 1.165) is 5.56 Å². The molecule has 0 aliphatic rings. The molecule has 0 radical (unpaired) electrons. The molecule has 0 bridgehead atoms. The van der Waals surface area contributed by atoms with Crippen LogP contribution in [0.1, 0.15) is 11.3 Å². The third kappa shape index (κ3) is 3.49. The fourth-order valence-corrected chi connectivity index (χ4v) is 3.18. The van der Waals surface area contributed by atoms with E-state index >= 15 is 0 Å². The van der Waals surface area contributed by atoms with Gasteiger partial charge in [-0.1, -0.05) is 36.0 Å². The lowest BCUT2D eigenvalue weighted by atomic mass is 10.2. The average molecular weight is 342 g/mol. The van der Waals surface area contributed by atoms with Crippen molar-refractivity contribution in [3.8, 4) is 0 Å². The second-order valence-corrected chi connectivity index (χ2v) is 6.81. The summed E-state index contributed by atoms with van der Waals surface area (Å²) < 4.78 is 27.1. The number of anilines is 1. The number of aromatic nitrogens is 1. The summed E-state index contributed by atoms with van der Waals surface area (Å²) in [6.07, 6.45) is 1.20. The first-order chi connectivity index (χ1) is 9.81. The highest BCUT2D eigenvalue weighted by Crippen LogP contribution is 2.27. The molecule has 8 heteroatoms. The Balaban J connectivity index is 2.36. The van der Waals surface area contributed by atoms with Crippen molar-refractivity contribution >= 4 is 44.5 Å². The van der Waals surface area contributed by atoms with Crippen molar-refractivity contribution in [1.29, 1.82) is 0 Å². The van der Waals surface area contributed by atoms with Gasteiger partial charge in [0.1, 0.15) is 9.88 Å². The number of nitrogens with one attached hydrogen (secondary N) is 1. The van der Waals surface area contributed by atoms with E-state index in [2.05, 4.69) is 9.71 Å². The molecule has 21 heavy (non-hydrogen) atoms. The predicted octanol–water partition coefficient (Wildman–Crippen LogP) is 2.48. The molecule has 3 N–H and O–H groups in total. The maximum absolute atomic E-state index is 12.3. The van der Waals surface area contributed by atoms with Crippen molar-refractivity contribution in [3.63, 3.8) is 0 Å². The molecule has 0 amide bonds. The molecule has 0 fully saturated rings. The summed E-state index contributed by atoms with van der Waals surface area (Å²) in [7, 11) is -3.78. The topological polar surface area (TPSA) is 85.1 Å². The summed E-state index contributed by atoms with van der Waals surface area (Å²) in [5, 5.41) is 0.325. The van der Waals surface area contributed by atoms with E-state index in [9.17, 15) is 8.42 Å². The van der Waals surface area contributed by atoms with Gasteiger partial charge in [-0.15, -0.1) is 0 Å². The number of halogens is 1. The number of para-hydroxylation sites is 1. The fourth-order valence-electron chi connectivity index (χ4n) is 1.64. The van der Waals surface area contributed by atoms with Crippen LogP contribution < -0.4 is 10.5 Å². The Morgan fingerprint density at radius 3 is 2.57 bits per heavy atom. The van der Waals surface area contributed by atoms with Crippen molar-refractivity contribution < 1.29 is 8.42 Å². The molecule has 0 spiro atoms. The zero-order chi connectivity index (χ0) is 15.6. The van der Waals surface area contributed by atoms with E-state index in [-0.39, 0.29) is 9.88 Å². The van der Waals surface area contributed by atoms with Gasteiger partial charge in [0.05, 0.1) is 16.4 Å². The van der Waals surface area contributed by atoms with Gasteiger partial charge in [0, 0.05) is 6.20 Å².